The highest BCUT2D eigenvalue weighted by Crippen LogP contribution is 2.31. The number of nitrogens with zero attached hydrogens (tertiary/aromatic N) is 4. The lowest BCUT2D eigenvalue weighted by Gasteiger charge is -2.14. The second-order valence-electron chi connectivity index (χ2n) is 15.5. The summed E-state index contributed by atoms with van der Waals surface area (Å²) in [6.45, 7) is -2.11. The molecule has 8 rings (SSSR count). The largest absolute Gasteiger partial charge is 0.405 e. The van der Waals surface area contributed by atoms with E-state index in [1.807, 2.05) is 0 Å². The number of carbonyl (C=O) groups is 1. The number of nitrogens with two attached hydrogens (primary N) is 2. The SMILES string of the molecule is NS(=O)(=O)c1ccc(CNc2nc(NCC(F)(F)F)c3cc(-c4ccc(C(=O)NC5CC5)cc4)ccc3n2)cc1.NS(=O)(=O)c1ccc(CNc2nc(NCC(F)(F)F)c3cc(Br)ccc3n2)cc1. The minimum Gasteiger partial charge on any atom is -0.360 e. The average molecular weight is 1060 g/mol. The molecule has 2 heterocycles. The first-order valence-corrected chi connectivity index (χ1v) is 24.4. The lowest BCUT2D eigenvalue weighted by atomic mass is 10.0. The van der Waals surface area contributed by atoms with Crippen molar-refractivity contribution in [3.05, 3.63) is 130 Å². The highest BCUT2D eigenvalue weighted by atomic mass is 79.9. The Morgan fingerprint density at radius 1 is 0.580 bits per heavy atom. The van der Waals surface area contributed by atoms with E-state index in [0.29, 0.717) is 43.0 Å². The third-order valence-corrected chi connectivity index (χ3v) is 12.4. The third-order valence-electron chi connectivity index (χ3n) is 10.1. The Kier molecular flexibility index (Phi) is 14.9. The van der Waals surface area contributed by atoms with Crippen LogP contribution in [0.2, 0.25) is 0 Å². The summed E-state index contributed by atoms with van der Waals surface area (Å²) in [6.07, 6.45) is -6.90. The number of aromatic nitrogens is 4. The van der Waals surface area contributed by atoms with Crippen molar-refractivity contribution in [3.8, 4) is 11.1 Å². The van der Waals surface area contributed by atoms with Crippen molar-refractivity contribution in [1.29, 1.82) is 0 Å². The van der Waals surface area contributed by atoms with Gasteiger partial charge in [-0.1, -0.05) is 58.4 Å². The van der Waals surface area contributed by atoms with Crippen LogP contribution in [0.5, 0.6) is 0 Å². The number of primary sulfonamides is 2. The molecule has 7 aromatic rings. The Labute approximate surface area is 399 Å². The standard InChI is InChI=1S/C27H25F3N6O3S.C17H15BrF3N5O2S/c28-27(29,30)15-33-24-22-13-19(17-3-5-18(6-4-17)25(37)34-20-8-9-20)7-12-23(22)35-26(36-24)32-14-16-1-10-21(11-2-16)40(31,38)39;18-11-3-6-14-13(7-11)15(24-9-17(19,20)21)26-16(25-14)23-8-10-1-4-12(5-2-10)29(22,27)28/h1-7,10-13,20H,8-9,14-15H2,(H,34,37)(H2,31,38,39)(H2,32,33,35,36);1-7H,8-9H2,(H2,22,27,28)(H2,23,24,25,26). The lowest BCUT2D eigenvalue weighted by Crippen LogP contribution is -2.25. The first-order valence-electron chi connectivity index (χ1n) is 20.5. The Balaban J connectivity index is 0.000000215. The number of alkyl halides is 6. The number of halogens is 7. The molecule has 0 unspecified atom stereocenters. The second-order valence-corrected chi connectivity index (χ2v) is 19.6. The number of sulfonamides is 2. The molecule has 0 atom stereocenters. The highest BCUT2D eigenvalue weighted by Gasteiger charge is 2.29. The molecule has 0 spiro atoms. The summed E-state index contributed by atoms with van der Waals surface area (Å²) < 4.78 is 123. The summed E-state index contributed by atoms with van der Waals surface area (Å²) in [7, 11) is -7.62. The van der Waals surface area contributed by atoms with E-state index in [2.05, 4.69) is 62.4 Å². The maximum absolute atomic E-state index is 13.1. The molecule has 25 heteroatoms. The molecule has 0 bridgehead atoms. The molecule has 9 N–H and O–H groups in total. The fourth-order valence-electron chi connectivity index (χ4n) is 6.47. The number of hydrogen-bond acceptors (Lipinski definition) is 13. The van der Waals surface area contributed by atoms with Gasteiger partial charge < -0.3 is 26.6 Å². The molecule has 1 aliphatic carbocycles. The van der Waals surface area contributed by atoms with Crippen LogP contribution in [-0.4, -0.2) is 74.2 Å². The molecular formula is C44H40BrF6N11O5S2. The molecule has 5 aromatic carbocycles. The van der Waals surface area contributed by atoms with Gasteiger partial charge in [0.2, 0.25) is 31.9 Å². The summed E-state index contributed by atoms with van der Waals surface area (Å²) in [5, 5.41) is 24.5. The average Bonchev–Trinajstić information content (AvgIpc) is 4.12. The quantitative estimate of drug-likeness (QED) is 0.0481. The molecule has 1 aliphatic rings. The molecule has 2 aromatic heterocycles. The molecule has 1 fully saturated rings. The number of benzene rings is 5. The number of amides is 1. The molecule has 1 amide bonds. The minimum absolute atomic E-state index is 0.00307. The van der Waals surface area contributed by atoms with Crippen molar-refractivity contribution < 1.29 is 48.0 Å². The fraction of sp³-hybridized carbons (Fsp3) is 0.205. The van der Waals surface area contributed by atoms with Gasteiger partial charge in [0, 0.05) is 39.9 Å². The monoisotopic (exact) mass is 1060 g/mol. The molecule has 69 heavy (non-hydrogen) atoms. The normalized spacial score (nSPS) is 13.1. The molecule has 1 saturated carbocycles. The zero-order chi connectivity index (χ0) is 49.7. The Morgan fingerprint density at radius 2 is 1.01 bits per heavy atom. The van der Waals surface area contributed by atoms with Gasteiger partial charge >= 0.3 is 12.4 Å². The van der Waals surface area contributed by atoms with E-state index < -0.39 is 45.5 Å². The van der Waals surface area contributed by atoms with Gasteiger partial charge in [-0.15, -0.1) is 0 Å². The zero-order valence-corrected chi connectivity index (χ0v) is 38.9. The van der Waals surface area contributed by atoms with Crippen molar-refractivity contribution in [2.24, 2.45) is 10.3 Å². The van der Waals surface area contributed by atoms with Crippen molar-refractivity contribution >= 4 is 87.2 Å². The van der Waals surface area contributed by atoms with Gasteiger partial charge in [0.15, 0.2) is 0 Å². The van der Waals surface area contributed by atoms with Crippen LogP contribution >= 0.6 is 15.9 Å². The number of fused-ring (bicyclic) bond motifs is 2. The van der Waals surface area contributed by atoms with E-state index in [1.165, 1.54) is 24.3 Å². The predicted octanol–water partition coefficient (Wildman–Crippen LogP) is 8.05. The Hall–Kier alpha value is -6.67. The van der Waals surface area contributed by atoms with Crippen LogP contribution in [0, 0.1) is 0 Å². The summed E-state index contributed by atoms with van der Waals surface area (Å²) in [4.78, 5) is 29.4. The van der Waals surface area contributed by atoms with Gasteiger partial charge in [-0.05, 0) is 102 Å². The number of hydrogen-bond donors (Lipinski definition) is 7. The molecule has 362 valence electrons. The number of rotatable bonds is 15. The number of anilines is 4. The fourth-order valence-corrected chi connectivity index (χ4v) is 7.86. The van der Waals surface area contributed by atoms with Gasteiger partial charge in [-0.3, -0.25) is 4.79 Å². The van der Waals surface area contributed by atoms with Crippen LogP contribution in [0.25, 0.3) is 32.9 Å². The highest BCUT2D eigenvalue weighted by molar-refractivity contribution is 9.10. The van der Waals surface area contributed by atoms with Gasteiger partial charge in [0.1, 0.15) is 24.7 Å². The maximum atomic E-state index is 13.1. The topological polar surface area (TPSA) is 249 Å². The molecule has 0 aliphatic heterocycles. The van der Waals surface area contributed by atoms with Crippen LogP contribution in [0.4, 0.5) is 49.9 Å². The molecule has 16 nitrogen and oxygen atoms in total. The van der Waals surface area contributed by atoms with Crippen LogP contribution in [0.3, 0.4) is 0 Å². The lowest BCUT2D eigenvalue weighted by molar-refractivity contribution is -0.116. The summed E-state index contributed by atoms with van der Waals surface area (Å²) in [5.41, 5.74) is 4.29. The first kappa shape index (κ1) is 50.2. The Morgan fingerprint density at radius 3 is 1.45 bits per heavy atom. The summed E-state index contributed by atoms with van der Waals surface area (Å²) in [5.74, 6) is 0.115. The van der Waals surface area contributed by atoms with E-state index in [-0.39, 0.29) is 58.4 Å². The van der Waals surface area contributed by atoms with Crippen molar-refractivity contribution in [1.82, 2.24) is 25.3 Å². The van der Waals surface area contributed by atoms with Crippen molar-refractivity contribution in [3.63, 3.8) is 0 Å². The van der Waals surface area contributed by atoms with Crippen LogP contribution in [-0.2, 0) is 33.1 Å². The first-order chi connectivity index (χ1) is 32.5. The van der Waals surface area contributed by atoms with E-state index in [0.717, 1.165) is 24.0 Å². The van der Waals surface area contributed by atoms with E-state index in [9.17, 15) is 48.0 Å². The van der Waals surface area contributed by atoms with Crippen LogP contribution in [0.15, 0.2) is 123 Å². The molecular weight excluding hydrogens is 1020 g/mol. The minimum atomic E-state index is -4.47. The van der Waals surface area contributed by atoms with Gasteiger partial charge in [0.25, 0.3) is 5.91 Å². The summed E-state index contributed by atoms with van der Waals surface area (Å²) >= 11 is 3.28. The maximum Gasteiger partial charge on any atom is 0.405 e. The van der Waals surface area contributed by atoms with E-state index in [4.69, 9.17) is 10.3 Å². The third kappa shape index (κ3) is 14.4. The Bertz CT molecular complexity index is 3220. The zero-order valence-electron chi connectivity index (χ0n) is 35.7. The van der Waals surface area contributed by atoms with Gasteiger partial charge in [-0.25, -0.2) is 37.1 Å². The molecule has 0 radical (unpaired) electrons. The van der Waals surface area contributed by atoms with Gasteiger partial charge in [-0.2, -0.15) is 36.3 Å². The summed E-state index contributed by atoms with van der Waals surface area (Å²) in [6, 6.07) is 29.1. The van der Waals surface area contributed by atoms with Crippen molar-refractivity contribution in [2.45, 2.75) is 54.1 Å². The van der Waals surface area contributed by atoms with E-state index >= 15 is 0 Å². The second kappa shape index (κ2) is 20.5. The molecule has 0 saturated heterocycles. The van der Waals surface area contributed by atoms with E-state index in [1.54, 1.807) is 84.9 Å². The van der Waals surface area contributed by atoms with Gasteiger partial charge in [0.05, 0.1) is 20.8 Å². The predicted molar refractivity (Wildman–Crippen MR) is 252 cm³/mol. The number of nitrogens with one attached hydrogen (secondary N) is 5. The smallest absolute Gasteiger partial charge is 0.360 e. The van der Waals surface area contributed by atoms with Crippen LogP contribution < -0.4 is 36.9 Å². The van der Waals surface area contributed by atoms with Crippen LogP contribution in [0.1, 0.15) is 34.3 Å². The van der Waals surface area contributed by atoms with Crippen molar-refractivity contribution in [2.75, 3.05) is 34.4 Å². The number of carbonyl (C=O) groups excluding carboxylic acids is 1.